The molecule has 2 aromatic heterocycles. The Bertz CT molecular complexity index is 660. The predicted molar refractivity (Wildman–Crippen MR) is 88.0 cm³/mol. The molecule has 118 valence electrons. The van der Waals surface area contributed by atoms with Crippen molar-refractivity contribution in [1.82, 2.24) is 10.6 Å². The first kappa shape index (κ1) is 16.1. The molecule has 22 heavy (non-hydrogen) atoms. The Morgan fingerprint density at radius 2 is 1.95 bits per heavy atom. The minimum absolute atomic E-state index is 0.158. The number of hydrogen-bond acceptors (Lipinski definition) is 4. The fraction of sp³-hybridized carbons (Fsp3) is 0.333. The number of guanidine groups is 1. The molecule has 0 bridgehead atoms. The van der Waals surface area contributed by atoms with Gasteiger partial charge in [0.15, 0.2) is 11.7 Å². The molecule has 0 aromatic carbocycles. The first-order chi connectivity index (χ1) is 10.6. The summed E-state index contributed by atoms with van der Waals surface area (Å²) >= 11 is 1.79. The average Bonchev–Trinajstić information content (AvgIpc) is 3.16. The number of carbonyl (C=O) groups excluding carboxylic acids is 1. The SMILES string of the molecule is CCc1ccc(CNC(=NC)NCc2ccc(C(N)=O)o2)s1. The molecule has 0 saturated heterocycles. The number of primary amides is 1. The van der Waals surface area contributed by atoms with Gasteiger partial charge in [0.2, 0.25) is 0 Å². The summed E-state index contributed by atoms with van der Waals surface area (Å²) in [5.74, 6) is 0.883. The molecule has 1 amide bonds. The van der Waals surface area contributed by atoms with Gasteiger partial charge in [0.1, 0.15) is 5.76 Å². The summed E-state index contributed by atoms with van der Waals surface area (Å²) in [6, 6.07) is 7.54. The van der Waals surface area contributed by atoms with E-state index in [2.05, 4.69) is 34.7 Å². The second kappa shape index (κ2) is 7.65. The molecule has 0 atom stereocenters. The molecule has 2 heterocycles. The minimum atomic E-state index is -0.571. The smallest absolute Gasteiger partial charge is 0.284 e. The van der Waals surface area contributed by atoms with Crippen molar-refractivity contribution in [3.63, 3.8) is 0 Å². The van der Waals surface area contributed by atoms with Gasteiger partial charge in [-0.15, -0.1) is 11.3 Å². The summed E-state index contributed by atoms with van der Waals surface area (Å²) in [5, 5.41) is 6.37. The second-order valence-electron chi connectivity index (χ2n) is 4.63. The topological polar surface area (TPSA) is 92.6 Å². The number of aryl methyl sites for hydroxylation is 1. The zero-order chi connectivity index (χ0) is 15.9. The van der Waals surface area contributed by atoms with E-state index in [1.807, 2.05) is 0 Å². The van der Waals surface area contributed by atoms with E-state index in [0.717, 1.165) is 13.0 Å². The average molecular weight is 320 g/mol. The van der Waals surface area contributed by atoms with Crippen molar-refractivity contribution in [2.75, 3.05) is 7.05 Å². The molecule has 2 rings (SSSR count). The van der Waals surface area contributed by atoms with Crippen LogP contribution < -0.4 is 16.4 Å². The Hall–Kier alpha value is -2.28. The predicted octanol–water partition coefficient (Wildman–Crippen LogP) is 1.87. The van der Waals surface area contributed by atoms with E-state index in [9.17, 15) is 4.79 Å². The molecule has 4 N–H and O–H groups in total. The molecule has 0 spiro atoms. The Morgan fingerprint density at radius 1 is 1.23 bits per heavy atom. The highest BCUT2D eigenvalue weighted by Crippen LogP contribution is 2.16. The van der Waals surface area contributed by atoms with Crippen LogP contribution in [-0.2, 0) is 19.5 Å². The van der Waals surface area contributed by atoms with Crippen molar-refractivity contribution in [2.45, 2.75) is 26.4 Å². The Balaban J connectivity index is 1.83. The molecule has 7 heteroatoms. The van der Waals surface area contributed by atoms with E-state index in [1.54, 1.807) is 30.5 Å². The number of amides is 1. The number of aliphatic imine (C=N–C) groups is 1. The zero-order valence-corrected chi connectivity index (χ0v) is 13.5. The third-order valence-corrected chi connectivity index (χ3v) is 4.28. The Morgan fingerprint density at radius 3 is 2.55 bits per heavy atom. The van der Waals surface area contributed by atoms with Crippen molar-refractivity contribution in [2.24, 2.45) is 10.7 Å². The van der Waals surface area contributed by atoms with Crippen LogP contribution in [0.15, 0.2) is 33.7 Å². The summed E-state index contributed by atoms with van der Waals surface area (Å²) in [5.41, 5.74) is 5.15. The molecule has 0 unspecified atom stereocenters. The van der Waals surface area contributed by atoms with Crippen molar-refractivity contribution in [3.8, 4) is 0 Å². The number of nitrogens with two attached hydrogens (primary N) is 1. The minimum Gasteiger partial charge on any atom is -0.454 e. The number of nitrogens with one attached hydrogen (secondary N) is 2. The Labute approximate surface area is 133 Å². The van der Waals surface area contributed by atoms with Gasteiger partial charge in [-0.3, -0.25) is 9.79 Å². The van der Waals surface area contributed by atoms with Crippen molar-refractivity contribution in [3.05, 3.63) is 45.5 Å². The normalized spacial score (nSPS) is 11.5. The fourth-order valence-electron chi connectivity index (χ4n) is 1.87. The summed E-state index contributed by atoms with van der Waals surface area (Å²) < 4.78 is 5.30. The largest absolute Gasteiger partial charge is 0.454 e. The fourth-order valence-corrected chi connectivity index (χ4v) is 2.77. The summed E-state index contributed by atoms with van der Waals surface area (Å²) in [6.07, 6.45) is 1.05. The van der Waals surface area contributed by atoms with Gasteiger partial charge in [-0.05, 0) is 30.7 Å². The van der Waals surface area contributed by atoms with Gasteiger partial charge < -0.3 is 20.8 Å². The van der Waals surface area contributed by atoms with E-state index >= 15 is 0 Å². The van der Waals surface area contributed by atoms with Crippen LogP contribution in [0.4, 0.5) is 0 Å². The lowest BCUT2D eigenvalue weighted by atomic mass is 10.3. The van der Waals surface area contributed by atoms with Gasteiger partial charge in [-0.2, -0.15) is 0 Å². The molecule has 0 aliphatic heterocycles. The van der Waals surface area contributed by atoms with E-state index in [1.165, 1.54) is 9.75 Å². The van der Waals surface area contributed by atoms with Crippen molar-refractivity contribution < 1.29 is 9.21 Å². The van der Waals surface area contributed by atoms with Crippen LogP contribution in [0.3, 0.4) is 0 Å². The van der Waals surface area contributed by atoms with Crippen LogP contribution in [-0.4, -0.2) is 18.9 Å². The van der Waals surface area contributed by atoms with Crippen LogP contribution in [0.2, 0.25) is 0 Å². The summed E-state index contributed by atoms with van der Waals surface area (Å²) in [6.45, 7) is 3.29. The standard InChI is InChI=1S/C15H20N4O2S/c1-3-11-5-6-12(22-11)9-19-15(17-2)18-8-10-4-7-13(21-10)14(16)20/h4-7H,3,8-9H2,1-2H3,(H2,16,20)(H2,17,18,19). The molecule has 6 nitrogen and oxygen atoms in total. The van der Waals surface area contributed by atoms with Gasteiger partial charge >= 0.3 is 0 Å². The third-order valence-electron chi connectivity index (χ3n) is 3.05. The summed E-state index contributed by atoms with van der Waals surface area (Å²) in [4.78, 5) is 17.7. The van der Waals surface area contributed by atoms with Crippen LogP contribution in [0.1, 0.15) is 33.0 Å². The molecule has 0 aliphatic rings. The van der Waals surface area contributed by atoms with Crippen LogP contribution in [0.25, 0.3) is 0 Å². The first-order valence-corrected chi connectivity index (χ1v) is 7.84. The monoisotopic (exact) mass is 320 g/mol. The second-order valence-corrected chi connectivity index (χ2v) is 5.88. The number of furan rings is 1. The first-order valence-electron chi connectivity index (χ1n) is 7.03. The van der Waals surface area contributed by atoms with Gasteiger partial charge in [0, 0.05) is 16.8 Å². The third kappa shape index (κ3) is 4.36. The van der Waals surface area contributed by atoms with E-state index < -0.39 is 5.91 Å². The maximum Gasteiger partial charge on any atom is 0.284 e. The number of hydrogen-bond donors (Lipinski definition) is 3. The van der Waals surface area contributed by atoms with E-state index in [0.29, 0.717) is 18.3 Å². The molecule has 0 aliphatic carbocycles. The van der Waals surface area contributed by atoms with Crippen molar-refractivity contribution >= 4 is 23.2 Å². The molecule has 2 aromatic rings. The van der Waals surface area contributed by atoms with Gasteiger partial charge in [0.05, 0.1) is 13.1 Å². The molecule has 0 fully saturated rings. The Kier molecular flexibility index (Phi) is 5.60. The number of rotatable bonds is 6. The quantitative estimate of drug-likeness (QED) is 0.559. The molecule has 0 saturated carbocycles. The molecular weight excluding hydrogens is 300 g/mol. The number of thiophene rings is 1. The highest BCUT2D eigenvalue weighted by atomic mass is 32.1. The lowest BCUT2D eigenvalue weighted by Gasteiger charge is -2.09. The summed E-state index contributed by atoms with van der Waals surface area (Å²) in [7, 11) is 1.71. The lowest BCUT2D eigenvalue weighted by molar-refractivity contribution is 0.0972. The highest BCUT2D eigenvalue weighted by Gasteiger charge is 2.07. The lowest BCUT2D eigenvalue weighted by Crippen LogP contribution is -2.36. The number of carbonyl (C=O) groups is 1. The van der Waals surface area contributed by atoms with E-state index in [-0.39, 0.29) is 5.76 Å². The van der Waals surface area contributed by atoms with Gasteiger partial charge in [-0.25, -0.2) is 0 Å². The zero-order valence-electron chi connectivity index (χ0n) is 12.7. The van der Waals surface area contributed by atoms with Crippen molar-refractivity contribution in [1.29, 1.82) is 0 Å². The van der Waals surface area contributed by atoms with Crippen LogP contribution >= 0.6 is 11.3 Å². The van der Waals surface area contributed by atoms with E-state index in [4.69, 9.17) is 10.2 Å². The number of nitrogens with zero attached hydrogens (tertiary/aromatic N) is 1. The maximum atomic E-state index is 11.0. The maximum absolute atomic E-state index is 11.0. The highest BCUT2D eigenvalue weighted by molar-refractivity contribution is 7.11. The van der Waals surface area contributed by atoms with Gasteiger partial charge in [0.25, 0.3) is 5.91 Å². The molecule has 0 radical (unpaired) electrons. The molecular formula is C15H20N4O2S. The van der Waals surface area contributed by atoms with Gasteiger partial charge in [-0.1, -0.05) is 6.92 Å². The van der Waals surface area contributed by atoms with Crippen LogP contribution in [0.5, 0.6) is 0 Å². The van der Waals surface area contributed by atoms with Crippen LogP contribution in [0, 0.1) is 0 Å².